The van der Waals surface area contributed by atoms with Crippen LogP contribution in [0.25, 0.3) is 0 Å². The number of anilines is 1. The highest BCUT2D eigenvalue weighted by Gasteiger charge is 2.36. The van der Waals surface area contributed by atoms with Crippen LogP contribution in [0.1, 0.15) is 25.7 Å². The lowest BCUT2D eigenvalue weighted by Crippen LogP contribution is -2.53. The zero-order chi connectivity index (χ0) is 18.6. The predicted octanol–water partition coefficient (Wildman–Crippen LogP) is 0.942. The van der Waals surface area contributed by atoms with Crippen LogP contribution in [0.3, 0.4) is 0 Å². The molecule has 0 unspecified atom stereocenters. The molecule has 0 bridgehead atoms. The quantitative estimate of drug-likeness (QED) is 0.780. The van der Waals surface area contributed by atoms with Crippen LogP contribution in [0, 0.1) is 0 Å². The number of carbonyl (C=O) groups is 3. The largest absolute Gasteiger partial charge is 0.482 e. The van der Waals surface area contributed by atoms with Gasteiger partial charge in [-0.1, -0.05) is 12.1 Å². The van der Waals surface area contributed by atoms with Crippen LogP contribution in [0.2, 0.25) is 0 Å². The van der Waals surface area contributed by atoms with Crippen molar-refractivity contribution in [3.8, 4) is 5.75 Å². The highest BCUT2D eigenvalue weighted by Crippen LogP contribution is 2.31. The molecule has 1 saturated heterocycles. The van der Waals surface area contributed by atoms with E-state index in [9.17, 15) is 14.4 Å². The summed E-state index contributed by atoms with van der Waals surface area (Å²) in [6.45, 7) is 0.995. The molecule has 2 aliphatic heterocycles. The molecule has 2 aliphatic rings. The van der Waals surface area contributed by atoms with Crippen LogP contribution in [-0.2, 0) is 19.1 Å². The Morgan fingerprint density at radius 2 is 1.96 bits per heavy atom. The Morgan fingerprint density at radius 3 is 2.69 bits per heavy atom. The van der Waals surface area contributed by atoms with Crippen LogP contribution < -0.4 is 15.0 Å². The predicted molar refractivity (Wildman–Crippen MR) is 92.1 cm³/mol. The number of rotatable bonds is 6. The molecule has 0 aromatic heterocycles. The van der Waals surface area contributed by atoms with Crippen molar-refractivity contribution in [1.29, 1.82) is 0 Å². The van der Waals surface area contributed by atoms with Crippen LogP contribution in [-0.4, -0.2) is 54.8 Å². The van der Waals surface area contributed by atoms with Crippen LogP contribution >= 0.6 is 0 Å². The average molecular weight is 362 g/mol. The highest BCUT2D eigenvalue weighted by molar-refractivity contribution is 5.98. The van der Waals surface area contributed by atoms with Crippen LogP contribution in [0.15, 0.2) is 24.3 Å². The number of fused-ring (bicyclic) bond motifs is 1. The Kier molecular flexibility index (Phi) is 5.41. The van der Waals surface area contributed by atoms with Crippen molar-refractivity contribution in [2.24, 2.45) is 0 Å². The molecule has 2 heterocycles. The van der Waals surface area contributed by atoms with Gasteiger partial charge in [-0.05, 0) is 25.0 Å². The maximum absolute atomic E-state index is 12.4. The Morgan fingerprint density at radius 1 is 1.23 bits per heavy atom. The molecule has 1 aromatic carbocycles. The van der Waals surface area contributed by atoms with E-state index in [4.69, 9.17) is 14.6 Å². The second-order valence-corrected chi connectivity index (χ2v) is 6.56. The zero-order valence-electron chi connectivity index (χ0n) is 14.4. The molecule has 3 rings (SSSR count). The van der Waals surface area contributed by atoms with E-state index >= 15 is 0 Å². The molecule has 0 saturated carbocycles. The van der Waals surface area contributed by atoms with Crippen molar-refractivity contribution in [1.82, 2.24) is 5.32 Å². The molecule has 1 aromatic rings. The molecule has 0 spiro atoms. The van der Waals surface area contributed by atoms with Crippen molar-refractivity contribution in [2.45, 2.75) is 31.2 Å². The zero-order valence-corrected chi connectivity index (χ0v) is 14.4. The summed E-state index contributed by atoms with van der Waals surface area (Å²) in [5.41, 5.74) is -0.142. The Labute approximate surface area is 151 Å². The van der Waals surface area contributed by atoms with Gasteiger partial charge in [0.15, 0.2) is 6.61 Å². The number of carbonyl (C=O) groups excluding carboxylic acids is 2. The minimum Gasteiger partial charge on any atom is -0.482 e. The molecule has 8 nitrogen and oxygen atoms in total. The van der Waals surface area contributed by atoms with E-state index in [0.717, 1.165) is 0 Å². The van der Waals surface area contributed by atoms with Gasteiger partial charge in [0, 0.05) is 26.2 Å². The molecule has 1 fully saturated rings. The number of amides is 2. The van der Waals surface area contributed by atoms with Gasteiger partial charge in [0.25, 0.3) is 5.91 Å². The second-order valence-electron chi connectivity index (χ2n) is 6.56. The maximum atomic E-state index is 12.4. The molecular weight excluding hydrogens is 340 g/mol. The molecule has 140 valence electrons. The number of nitrogens with one attached hydrogen (secondary N) is 1. The second kappa shape index (κ2) is 7.74. The highest BCUT2D eigenvalue weighted by atomic mass is 16.5. The smallest absolute Gasteiger partial charge is 0.305 e. The number of carboxylic acid groups (broad SMARTS) is 1. The number of ether oxygens (including phenoxy) is 2. The summed E-state index contributed by atoms with van der Waals surface area (Å²) in [7, 11) is 0. The molecular formula is C18H22N2O6. The topological polar surface area (TPSA) is 105 Å². The third-order valence-electron chi connectivity index (χ3n) is 4.71. The SMILES string of the molecule is O=C(O)CC1(NC(=O)CCN2C(=O)COc3ccccc32)CCOCC1. The number of para-hydroxylation sites is 2. The van der Waals surface area contributed by atoms with E-state index in [1.165, 1.54) is 4.90 Å². The van der Waals surface area contributed by atoms with E-state index in [2.05, 4.69) is 5.32 Å². The lowest BCUT2D eigenvalue weighted by molar-refractivity contribution is -0.140. The molecule has 2 amide bonds. The normalized spacial score (nSPS) is 18.6. The van der Waals surface area contributed by atoms with Crippen molar-refractivity contribution < 1.29 is 29.0 Å². The molecule has 0 aliphatic carbocycles. The maximum Gasteiger partial charge on any atom is 0.305 e. The summed E-state index contributed by atoms with van der Waals surface area (Å²) in [5, 5.41) is 12.0. The monoisotopic (exact) mass is 362 g/mol. The first kappa shape index (κ1) is 18.2. The van der Waals surface area contributed by atoms with Gasteiger partial charge in [0.2, 0.25) is 5.91 Å². The molecule has 8 heteroatoms. The van der Waals surface area contributed by atoms with Crippen LogP contribution in [0.4, 0.5) is 5.69 Å². The lowest BCUT2D eigenvalue weighted by atomic mass is 9.86. The van der Waals surface area contributed by atoms with Crippen molar-refractivity contribution in [3.63, 3.8) is 0 Å². The summed E-state index contributed by atoms with van der Waals surface area (Å²) in [5.74, 6) is -0.823. The van der Waals surface area contributed by atoms with Gasteiger partial charge in [0.05, 0.1) is 17.6 Å². The number of hydrogen-bond acceptors (Lipinski definition) is 5. The number of nitrogens with zero attached hydrogens (tertiary/aromatic N) is 1. The summed E-state index contributed by atoms with van der Waals surface area (Å²) < 4.78 is 10.7. The Hall–Kier alpha value is -2.61. The summed E-state index contributed by atoms with van der Waals surface area (Å²) in [6, 6.07) is 7.17. The van der Waals surface area contributed by atoms with E-state index < -0.39 is 11.5 Å². The van der Waals surface area contributed by atoms with E-state index in [-0.39, 0.29) is 37.8 Å². The third-order valence-corrected chi connectivity index (χ3v) is 4.71. The summed E-state index contributed by atoms with van der Waals surface area (Å²) in [6.07, 6.45) is 0.873. The van der Waals surface area contributed by atoms with Gasteiger partial charge in [-0.2, -0.15) is 0 Å². The number of hydrogen-bond donors (Lipinski definition) is 2. The fourth-order valence-electron chi connectivity index (χ4n) is 3.37. The van der Waals surface area contributed by atoms with Gasteiger partial charge >= 0.3 is 5.97 Å². The van der Waals surface area contributed by atoms with Crippen molar-refractivity contribution in [2.75, 3.05) is 31.3 Å². The van der Waals surface area contributed by atoms with E-state index in [1.54, 1.807) is 18.2 Å². The summed E-state index contributed by atoms with van der Waals surface area (Å²) in [4.78, 5) is 37.3. The molecule has 0 atom stereocenters. The van der Waals surface area contributed by atoms with Gasteiger partial charge in [0.1, 0.15) is 5.75 Å². The molecule has 2 N–H and O–H groups in total. The minimum atomic E-state index is -0.954. The Balaban J connectivity index is 1.63. The first-order valence-electron chi connectivity index (χ1n) is 8.62. The van der Waals surface area contributed by atoms with Crippen molar-refractivity contribution in [3.05, 3.63) is 24.3 Å². The summed E-state index contributed by atoms with van der Waals surface area (Å²) >= 11 is 0. The molecule has 0 radical (unpaired) electrons. The molecule has 26 heavy (non-hydrogen) atoms. The van der Waals surface area contributed by atoms with E-state index in [0.29, 0.717) is 37.5 Å². The van der Waals surface area contributed by atoms with Gasteiger partial charge < -0.3 is 24.8 Å². The number of aliphatic carboxylic acids is 1. The minimum absolute atomic E-state index is 0.0566. The van der Waals surface area contributed by atoms with Crippen LogP contribution in [0.5, 0.6) is 5.75 Å². The third kappa shape index (κ3) is 4.13. The number of carboxylic acids is 1. The van der Waals surface area contributed by atoms with Gasteiger partial charge in [-0.3, -0.25) is 14.4 Å². The first-order valence-corrected chi connectivity index (χ1v) is 8.62. The van der Waals surface area contributed by atoms with Gasteiger partial charge in [-0.15, -0.1) is 0 Å². The first-order chi connectivity index (χ1) is 12.5. The lowest BCUT2D eigenvalue weighted by Gasteiger charge is -2.37. The fourth-order valence-corrected chi connectivity index (χ4v) is 3.37. The standard InChI is InChI=1S/C18H22N2O6/c21-15(19-18(11-17(23)24)6-9-25-10-7-18)5-8-20-13-3-1-2-4-14(13)26-12-16(20)22/h1-4H,5-12H2,(H,19,21)(H,23,24). The van der Waals surface area contributed by atoms with Crippen molar-refractivity contribution >= 4 is 23.5 Å². The Bertz CT molecular complexity index is 699. The fraction of sp³-hybridized carbons (Fsp3) is 0.500. The van der Waals surface area contributed by atoms with E-state index in [1.807, 2.05) is 6.07 Å². The average Bonchev–Trinajstić information content (AvgIpc) is 2.61. The van der Waals surface area contributed by atoms with Gasteiger partial charge in [-0.25, -0.2) is 0 Å². The number of benzene rings is 1.